The van der Waals surface area contributed by atoms with E-state index in [-0.39, 0.29) is 12.2 Å². The Labute approximate surface area is 245 Å². The molecule has 0 saturated carbocycles. The van der Waals surface area contributed by atoms with E-state index in [1.165, 1.54) is 15.9 Å². The summed E-state index contributed by atoms with van der Waals surface area (Å²) in [7, 11) is 3.11. The molecule has 0 N–H and O–H groups in total. The van der Waals surface area contributed by atoms with E-state index in [2.05, 4.69) is 0 Å². The van der Waals surface area contributed by atoms with Crippen LogP contribution in [-0.2, 0) is 9.53 Å². The predicted octanol–water partition coefficient (Wildman–Crippen LogP) is 5.51. The van der Waals surface area contributed by atoms with Crippen molar-refractivity contribution in [1.29, 1.82) is 0 Å². The van der Waals surface area contributed by atoms with Gasteiger partial charge in [-0.25, -0.2) is 9.79 Å². The van der Waals surface area contributed by atoms with E-state index >= 15 is 0 Å². The maximum Gasteiger partial charge on any atom is 0.338 e. The first-order valence-electron chi connectivity index (χ1n) is 13.2. The van der Waals surface area contributed by atoms with Crippen LogP contribution in [0.5, 0.6) is 11.5 Å². The lowest BCUT2D eigenvalue weighted by Crippen LogP contribution is -2.40. The molecule has 5 rings (SSSR count). The molecular formula is C31H29ClN2O6S. The van der Waals surface area contributed by atoms with E-state index in [9.17, 15) is 9.59 Å². The number of halogens is 1. The monoisotopic (exact) mass is 592 g/mol. The van der Waals surface area contributed by atoms with E-state index in [1.54, 1.807) is 63.6 Å². The fourth-order valence-corrected chi connectivity index (χ4v) is 5.92. The summed E-state index contributed by atoms with van der Waals surface area (Å²) >= 11 is 7.25. The van der Waals surface area contributed by atoms with Gasteiger partial charge < -0.3 is 18.6 Å². The highest BCUT2D eigenvalue weighted by Gasteiger charge is 2.36. The second kappa shape index (κ2) is 12.2. The normalized spacial score (nSPS) is 15.0. The Balaban J connectivity index is 1.72. The average molecular weight is 593 g/mol. The zero-order chi connectivity index (χ0) is 29.1. The number of esters is 1. The number of ether oxygens (including phenoxy) is 3. The van der Waals surface area contributed by atoms with E-state index in [0.717, 1.165) is 12.0 Å². The molecule has 0 bridgehead atoms. The molecule has 0 spiro atoms. The topological polar surface area (TPSA) is 92.3 Å². The van der Waals surface area contributed by atoms with E-state index in [4.69, 9.17) is 35.2 Å². The maximum atomic E-state index is 14.0. The van der Waals surface area contributed by atoms with Crippen molar-refractivity contribution >= 4 is 35.0 Å². The summed E-state index contributed by atoms with van der Waals surface area (Å²) in [5, 5.41) is 0.633. The second-order valence-corrected chi connectivity index (χ2v) is 10.7. The Hall–Kier alpha value is -4.08. The number of allylic oxidation sites excluding steroid dienone is 1. The molecule has 0 aliphatic carbocycles. The van der Waals surface area contributed by atoms with Gasteiger partial charge in [-0.15, -0.1) is 0 Å². The quantitative estimate of drug-likeness (QED) is 0.238. The predicted molar refractivity (Wildman–Crippen MR) is 158 cm³/mol. The first-order valence-corrected chi connectivity index (χ1v) is 14.4. The summed E-state index contributed by atoms with van der Waals surface area (Å²) in [4.78, 5) is 32.8. The van der Waals surface area contributed by atoms with Crippen molar-refractivity contribution in [3.63, 3.8) is 0 Å². The highest BCUT2D eigenvalue weighted by atomic mass is 35.5. The van der Waals surface area contributed by atoms with Crippen molar-refractivity contribution in [2.24, 2.45) is 4.99 Å². The van der Waals surface area contributed by atoms with E-state index in [0.29, 0.717) is 60.6 Å². The van der Waals surface area contributed by atoms with Crippen LogP contribution in [0.1, 0.15) is 44.1 Å². The van der Waals surface area contributed by atoms with Crippen LogP contribution in [0, 0.1) is 0 Å². The molecule has 212 valence electrons. The summed E-state index contributed by atoms with van der Waals surface area (Å²) < 4.78 is 24.6. The number of carbonyl (C=O) groups excluding carboxylic acids is 1. The van der Waals surface area contributed by atoms with Crippen LogP contribution in [0.25, 0.3) is 17.4 Å². The van der Waals surface area contributed by atoms with Crippen molar-refractivity contribution in [1.82, 2.24) is 4.57 Å². The molecule has 1 aliphatic rings. The highest BCUT2D eigenvalue weighted by Crippen LogP contribution is 2.38. The Morgan fingerprint density at radius 3 is 2.56 bits per heavy atom. The highest BCUT2D eigenvalue weighted by molar-refractivity contribution is 7.07. The molecule has 0 radical (unpaired) electrons. The van der Waals surface area contributed by atoms with Crippen LogP contribution in [0.15, 0.2) is 80.1 Å². The number of carbonyl (C=O) groups is 1. The third kappa shape index (κ3) is 5.60. The number of furan rings is 1. The van der Waals surface area contributed by atoms with E-state index in [1.807, 2.05) is 25.1 Å². The minimum atomic E-state index is -0.833. The van der Waals surface area contributed by atoms with Gasteiger partial charge in [-0.2, -0.15) is 0 Å². The molecule has 4 aromatic rings. The van der Waals surface area contributed by atoms with Crippen molar-refractivity contribution in [2.45, 2.75) is 32.7 Å². The number of methoxy groups -OCH3 is 2. The van der Waals surface area contributed by atoms with Gasteiger partial charge in [-0.05, 0) is 67.9 Å². The third-order valence-corrected chi connectivity index (χ3v) is 7.89. The number of hydrogen-bond acceptors (Lipinski definition) is 8. The lowest BCUT2D eigenvalue weighted by Gasteiger charge is -2.27. The van der Waals surface area contributed by atoms with Gasteiger partial charge in [0.1, 0.15) is 29.1 Å². The van der Waals surface area contributed by atoms with Crippen molar-refractivity contribution < 1.29 is 23.4 Å². The van der Waals surface area contributed by atoms with Crippen molar-refractivity contribution in [2.75, 3.05) is 20.8 Å². The van der Waals surface area contributed by atoms with Gasteiger partial charge in [0.2, 0.25) is 0 Å². The molecule has 1 atom stereocenters. The average Bonchev–Trinajstić information content (AvgIpc) is 3.56. The van der Waals surface area contributed by atoms with Gasteiger partial charge in [0.05, 0.1) is 36.6 Å². The zero-order valence-corrected chi connectivity index (χ0v) is 24.7. The molecule has 0 fully saturated rings. The van der Waals surface area contributed by atoms with Crippen molar-refractivity contribution in [3.8, 4) is 22.8 Å². The number of benzene rings is 2. The number of fused-ring (bicyclic) bond motifs is 1. The van der Waals surface area contributed by atoms with Crippen LogP contribution in [0.2, 0.25) is 5.02 Å². The van der Waals surface area contributed by atoms with Crippen LogP contribution >= 0.6 is 22.9 Å². The molecule has 0 unspecified atom stereocenters. The smallest absolute Gasteiger partial charge is 0.338 e. The summed E-state index contributed by atoms with van der Waals surface area (Å²) in [5.74, 6) is 1.69. The van der Waals surface area contributed by atoms with Gasteiger partial charge in [0.15, 0.2) is 4.80 Å². The fourth-order valence-electron chi connectivity index (χ4n) is 4.80. The molecule has 0 amide bonds. The molecule has 2 aromatic carbocycles. The maximum absolute atomic E-state index is 14.0. The number of rotatable bonds is 9. The Kier molecular flexibility index (Phi) is 8.46. The fraction of sp³-hybridized carbons (Fsp3) is 0.258. The third-order valence-electron chi connectivity index (χ3n) is 6.65. The largest absolute Gasteiger partial charge is 0.497 e. The number of thiazole rings is 1. The lowest BCUT2D eigenvalue weighted by molar-refractivity contribution is -0.139. The molecule has 1 aliphatic heterocycles. The first kappa shape index (κ1) is 28.4. The molecule has 0 saturated heterocycles. The van der Waals surface area contributed by atoms with Crippen LogP contribution in [0.4, 0.5) is 0 Å². The van der Waals surface area contributed by atoms with Gasteiger partial charge in [-0.1, -0.05) is 36.3 Å². The SMILES string of the molecule is CCCC1=C(C(=O)OCC)[C@@H](c2cc(OC)ccc2OC)n2c(s/c(=C\c3ccc(-c4ccc(Cl)cc4)o3)c2=O)=N1. The van der Waals surface area contributed by atoms with Gasteiger partial charge >= 0.3 is 5.97 Å². The lowest BCUT2D eigenvalue weighted by atomic mass is 9.93. The second-order valence-electron chi connectivity index (χ2n) is 9.23. The zero-order valence-electron chi connectivity index (χ0n) is 23.1. The Morgan fingerprint density at radius 2 is 1.88 bits per heavy atom. The molecule has 3 heterocycles. The standard InChI is InChI=1S/C31H29ClN2O6S/c1-5-7-23-27(30(36)39-6-2)28(22-16-20(37-3)12-15-25(22)38-4)34-29(35)26(41-31(34)33-23)17-21-13-14-24(40-21)18-8-10-19(32)11-9-18/h8-17,28H,5-7H2,1-4H3/b26-17-/t28-/m1/s1. The molecule has 41 heavy (non-hydrogen) atoms. The Morgan fingerprint density at radius 1 is 1.10 bits per heavy atom. The molecule has 2 aromatic heterocycles. The first-order chi connectivity index (χ1) is 19.9. The molecular weight excluding hydrogens is 564 g/mol. The van der Waals surface area contributed by atoms with Gasteiger partial charge in [-0.3, -0.25) is 9.36 Å². The van der Waals surface area contributed by atoms with Gasteiger partial charge in [0.25, 0.3) is 5.56 Å². The molecule has 8 nitrogen and oxygen atoms in total. The summed E-state index contributed by atoms with van der Waals surface area (Å²) in [6.07, 6.45) is 2.97. The van der Waals surface area contributed by atoms with Crippen LogP contribution in [-0.4, -0.2) is 31.4 Å². The van der Waals surface area contributed by atoms with Crippen molar-refractivity contribution in [3.05, 3.63) is 102 Å². The molecule has 10 heteroatoms. The van der Waals surface area contributed by atoms with Gasteiger partial charge in [0, 0.05) is 22.2 Å². The number of aromatic nitrogens is 1. The Bertz CT molecular complexity index is 1800. The number of hydrogen-bond donors (Lipinski definition) is 0. The minimum absolute atomic E-state index is 0.183. The van der Waals surface area contributed by atoms with Crippen LogP contribution in [0.3, 0.4) is 0 Å². The minimum Gasteiger partial charge on any atom is -0.497 e. The summed E-state index contributed by atoms with van der Waals surface area (Å²) in [6.45, 7) is 3.94. The van der Waals surface area contributed by atoms with Crippen LogP contribution < -0.4 is 24.4 Å². The summed E-state index contributed by atoms with van der Waals surface area (Å²) in [6, 6.07) is 15.4. The van der Waals surface area contributed by atoms with E-state index < -0.39 is 12.0 Å². The summed E-state index contributed by atoms with van der Waals surface area (Å²) in [5.41, 5.74) is 2.03. The number of nitrogens with zero attached hydrogens (tertiary/aromatic N) is 2.